The highest BCUT2D eigenvalue weighted by Crippen LogP contribution is 2.22. The van der Waals surface area contributed by atoms with Crippen molar-refractivity contribution in [2.24, 2.45) is 4.99 Å². The van der Waals surface area contributed by atoms with Crippen LogP contribution < -0.4 is 0 Å². The summed E-state index contributed by atoms with van der Waals surface area (Å²) in [5.74, 6) is 0. The molecule has 4 heteroatoms. The molecule has 0 heterocycles. The average molecular weight is 254 g/mol. The molecule has 0 atom stereocenters. The first kappa shape index (κ1) is 13.0. The van der Waals surface area contributed by atoms with Gasteiger partial charge in [0.15, 0.2) is 0 Å². The normalized spacial score (nSPS) is 10.8. The van der Waals surface area contributed by atoms with E-state index in [0.717, 1.165) is 22.4 Å². The third-order valence-electron chi connectivity index (χ3n) is 2.89. The topological polar surface area (TPSA) is 55.5 Å². The number of hydrogen-bond donors (Lipinski definition) is 0. The highest BCUT2D eigenvalue weighted by molar-refractivity contribution is 5.83. The average Bonchev–Trinajstić information content (AvgIpc) is 2.38. The zero-order valence-corrected chi connectivity index (χ0v) is 10.8. The van der Waals surface area contributed by atoms with Gasteiger partial charge in [-0.15, -0.1) is 0 Å². The van der Waals surface area contributed by atoms with E-state index in [1.807, 2.05) is 32.0 Å². The standard InChI is InChI=1S/C15H14N2O2/c1-11-4-3-5-12(2)15(11)16-10-13-6-8-14(9-7-13)17(18)19/h3-10H,1-2H3. The first-order valence-electron chi connectivity index (χ1n) is 5.92. The van der Waals surface area contributed by atoms with Crippen LogP contribution >= 0.6 is 0 Å². The molecular formula is C15H14N2O2. The predicted octanol–water partition coefficient (Wildman–Crippen LogP) is 3.96. The van der Waals surface area contributed by atoms with E-state index in [4.69, 9.17) is 0 Å². The van der Waals surface area contributed by atoms with Gasteiger partial charge in [-0.05, 0) is 42.7 Å². The Hall–Kier alpha value is -2.49. The molecule has 2 aromatic rings. The van der Waals surface area contributed by atoms with Gasteiger partial charge in [-0.25, -0.2) is 0 Å². The van der Waals surface area contributed by atoms with E-state index in [1.54, 1.807) is 18.3 Å². The van der Waals surface area contributed by atoms with Gasteiger partial charge >= 0.3 is 0 Å². The van der Waals surface area contributed by atoms with Crippen LogP contribution in [0.15, 0.2) is 47.5 Å². The van der Waals surface area contributed by atoms with Crippen molar-refractivity contribution in [2.75, 3.05) is 0 Å². The van der Waals surface area contributed by atoms with Crippen molar-refractivity contribution in [3.63, 3.8) is 0 Å². The van der Waals surface area contributed by atoms with Gasteiger partial charge < -0.3 is 0 Å². The Balaban J connectivity index is 2.25. The number of nitrogens with zero attached hydrogens (tertiary/aromatic N) is 2. The van der Waals surface area contributed by atoms with Gasteiger partial charge in [0, 0.05) is 18.3 Å². The summed E-state index contributed by atoms with van der Waals surface area (Å²) in [6, 6.07) is 12.4. The molecule has 2 rings (SSSR count). The lowest BCUT2D eigenvalue weighted by molar-refractivity contribution is -0.384. The Morgan fingerprint density at radius 3 is 2.16 bits per heavy atom. The van der Waals surface area contributed by atoms with Crippen molar-refractivity contribution >= 4 is 17.6 Å². The third-order valence-corrected chi connectivity index (χ3v) is 2.89. The summed E-state index contributed by atoms with van der Waals surface area (Å²) in [6.07, 6.45) is 1.72. The van der Waals surface area contributed by atoms with E-state index in [9.17, 15) is 10.1 Å². The Morgan fingerprint density at radius 1 is 1.05 bits per heavy atom. The summed E-state index contributed by atoms with van der Waals surface area (Å²) in [5, 5.41) is 10.6. The maximum atomic E-state index is 10.6. The minimum Gasteiger partial charge on any atom is -0.258 e. The molecule has 0 aliphatic carbocycles. The van der Waals surface area contributed by atoms with Crippen LogP contribution in [0, 0.1) is 24.0 Å². The lowest BCUT2D eigenvalue weighted by Crippen LogP contribution is -1.88. The number of non-ortho nitro benzene ring substituents is 1. The van der Waals surface area contributed by atoms with Crippen LogP contribution in [-0.2, 0) is 0 Å². The second-order valence-electron chi connectivity index (χ2n) is 4.35. The third kappa shape index (κ3) is 3.04. The SMILES string of the molecule is Cc1cccc(C)c1N=Cc1ccc([N+](=O)[O-])cc1. The molecule has 2 aromatic carbocycles. The van der Waals surface area contributed by atoms with Crippen LogP contribution in [0.5, 0.6) is 0 Å². The summed E-state index contributed by atoms with van der Waals surface area (Å²) in [7, 11) is 0. The second kappa shape index (κ2) is 5.44. The van der Waals surface area contributed by atoms with Crippen molar-refractivity contribution in [2.45, 2.75) is 13.8 Å². The number of aryl methyl sites for hydroxylation is 2. The van der Waals surface area contributed by atoms with Gasteiger partial charge in [-0.2, -0.15) is 0 Å². The summed E-state index contributed by atoms with van der Waals surface area (Å²) < 4.78 is 0. The van der Waals surface area contributed by atoms with Crippen molar-refractivity contribution in [3.05, 3.63) is 69.3 Å². The fraction of sp³-hybridized carbons (Fsp3) is 0.133. The fourth-order valence-electron chi connectivity index (χ4n) is 1.83. The number of rotatable bonds is 3. The molecule has 0 unspecified atom stereocenters. The van der Waals surface area contributed by atoms with Gasteiger partial charge in [0.1, 0.15) is 0 Å². The maximum Gasteiger partial charge on any atom is 0.269 e. The Labute approximate surface area is 111 Å². The van der Waals surface area contributed by atoms with E-state index in [2.05, 4.69) is 4.99 Å². The number of para-hydroxylation sites is 1. The highest BCUT2D eigenvalue weighted by Gasteiger charge is 2.03. The number of nitro groups is 1. The predicted molar refractivity (Wildman–Crippen MR) is 76.3 cm³/mol. The van der Waals surface area contributed by atoms with Crippen molar-refractivity contribution in [3.8, 4) is 0 Å². The van der Waals surface area contributed by atoms with Crippen LogP contribution in [0.25, 0.3) is 0 Å². The van der Waals surface area contributed by atoms with Gasteiger partial charge in [0.2, 0.25) is 0 Å². The van der Waals surface area contributed by atoms with Crippen LogP contribution in [0.1, 0.15) is 16.7 Å². The van der Waals surface area contributed by atoms with Gasteiger partial charge in [0.05, 0.1) is 10.6 Å². The molecule has 0 N–H and O–H groups in total. The molecule has 4 nitrogen and oxygen atoms in total. The number of hydrogen-bond acceptors (Lipinski definition) is 3. The molecule has 0 aromatic heterocycles. The van der Waals surface area contributed by atoms with E-state index >= 15 is 0 Å². The first-order valence-corrected chi connectivity index (χ1v) is 5.92. The van der Waals surface area contributed by atoms with Crippen molar-refractivity contribution in [1.82, 2.24) is 0 Å². The van der Waals surface area contributed by atoms with Crippen molar-refractivity contribution in [1.29, 1.82) is 0 Å². The molecule has 0 spiro atoms. The summed E-state index contributed by atoms with van der Waals surface area (Å²) in [6.45, 7) is 4.02. The van der Waals surface area contributed by atoms with Gasteiger partial charge in [-0.3, -0.25) is 15.1 Å². The fourth-order valence-corrected chi connectivity index (χ4v) is 1.83. The monoisotopic (exact) mass is 254 g/mol. The lowest BCUT2D eigenvalue weighted by atomic mass is 10.1. The van der Waals surface area contributed by atoms with Crippen LogP contribution in [0.2, 0.25) is 0 Å². The van der Waals surface area contributed by atoms with Gasteiger partial charge in [0.25, 0.3) is 5.69 Å². The molecular weight excluding hydrogens is 240 g/mol. The van der Waals surface area contributed by atoms with Gasteiger partial charge in [-0.1, -0.05) is 18.2 Å². The number of aliphatic imine (C=N–C) groups is 1. The lowest BCUT2D eigenvalue weighted by Gasteiger charge is -2.03. The Bertz CT molecular complexity index is 611. The molecule has 0 fully saturated rings. The zero-order chi connectivity index (χ0) is 13.8. The minimum atomic E-state index is -0.410. The molecule has 0 bridgehead atoms. The summed E-state index contributed by atoms with van der Waals surface area (Å²) in [5.41, 5.74) is 4.09. The highest BCUT2D eigenvalue weighted by atomic mass is 16.6. The van der Waals surface area contributed by atoms with Crippen LogP contribution in [0.3, 0.4) is 0 Å². The maximum absolute atomic E-state index is 10.6. The van der Waals surface area contributed by atoms with Crippen LogP contribution in [-0.4, -0.2) is 11.1 Å². The van der Waals surface area contributed by atoms with Crippen LogP contribution in [0.4, 0.5) is 11.4 Å². The van der Waals surface area contributed by atoms with Crippen molar-refractivity contribution < 1.29 is 4.92 Å². The zero-order valence-electron chi connectivity index (χ0n) is 10.8. The van der Waals surface area contributed by atoms with E-state index < -0.39 is 4.92 Å². The largest absolute Gasteiger partial charge is 0.269 e. The second-order valence-corrected chi connectivity index (χ2v) is 4.35. The molecule has 0 saturated carbocycles. The van der Waals surface area contributed by atoms with E-state index in [1.165, 1.54) is 12.1 Å². The number of nitro benzene ring substituents is 1. The smallest absolute Gasteiger partial charge is 0.258 e. The Morgan fingerprint density at radius 2 is 1.63 bits per heavy atom. The molecule has 0 amide bonds. The molecule has 0 aliphatic heterocycles. The molecule has 96 valence electrons. The number of benzene rings is 2. The molecule has 19 heavy (non-hydrogen) atoms. The quantitative estimate of drug-likeness (QED) is 0.473. The van der Waals surface area contributed by atoms with E-state index in [0.29, 0.717) is 0 Å². The Kier molecular flexibility index (Phi) is 3.71. The molecule has 0 aliphatic rings. The van der Waals surface area contributed by atoms with E-state index in [-0.39, 0.29) is 5.69 Å². The summed E-state index contributed by atoms with van der Waals surface area (Å²) >= 11 is 0. The summed E-state index contributed by atoms with van der Waals surface area (Å²) in [4.78, 5) is 14.6. The first-order chi connectivity index (χ1) is 9.08. The molecule has 0 saturated heterocycles. The minimum absolute atomic E-state index is 0.0872. The molecule has 0 radical (unpaired) electrons.